The molecule has 2 rings (SSSR count). The van der Waals surface area contributed by atoms with Gasteiger partial charge in [-0.1, -0.05) is 36.0 Å². The van der Waals surface area contributed by atoms with E-state index < -0.39 is 0 Å². The van der Waals surface area contributed by atoms with Gasteiger partial charge in [-0.25, -0.2) is 0 Å². The molecule has 1 aromatic rings. The van der Waals surface area contributed by atoms with E-state index >= 15 is 0 Å². The molecule has 2 nitrogen and oxygen atoms in total. The molecule has 1 aliphatic carbocycles. The summed E-state index contributed by atoms with van der Waals surface area (Å²) in [6, 6.07) is 5.02. The predicted molar refractivity (Wildman–Crippen MR) is 68.9 cm³/mol. The zero-order valence-electron chi connectivity index (χ0n) is 9.42. The van der Waals surface area contributed by atoms with E-state index in [0.717, 1.165) is 25.7 Å². The monoisotopic (exact) mass is 272 g/mol. The number of halogens is 2. The smallest absolute Gasteiger partial charge is 0.173 e. The number of benzene rings is 1. The molecule has 0 spiro atoms. The first kappa shape index (κ1) is 12.7. The molecule has 0 saturated heterocycles. The maximum Gasteiger partial charge on any atom is 0.173 e. The Balaban J connectivity index is 1.88. The average Bonchev–Trinajstić information content (AvgIpc) is 2.84. The highest BCUT2D eigenvalue weighted by Gasteiger charge is 2.22. The Morgan fingerprint density at radius 2 is 1.94 bits per heavy atom. The van der Waals surface area contributed by atoms with Crippen molar-refractivity contribution in [3.05, 3.63) is 28.2 Å². The van der Waals surface area contributed by atoms with Crippen molar-refractivity contribution in [3.63, 3.8) is 0 Å². The molecule has 0 aromatic heterocycles. The fraction of sp³-hybridized carbons (Fsp3) is 0.462. The minimum absolute atomic E-state index is 0.128. The van der Waals surface area contributed by atoms with Crippen LogP contribution in [-0.4, -0.2) is 12.4 Å². The number of carbonyl (C=O) groups is 1. The van der Waals surface area contributed by atoms with Crippen LogP contribution in [-0.2, 0) is 4.79 Å². The lowest BCUT2D eigenvalue weighted by atomic mass is 10.0. The Kier molecular flexibility index (Phi) is 4.30. The number of ether oxygens (including phenoxy) is 1. The molecule has 1 fully saturated rings. The largest absolute Gasteiger partial charge is 0.486 e. The van der Waals surface area contributed by atoms with Gasteiger partial charge in [0.05, 0.1) is 10.0 Å². The van der Waals surface area contributed by atoms with E-state index in [9.17, 15) is 4.79 Å². The molecule has 0 atom stereocenters. The molecule has 0 bridgehead atoms. The Bertz CT molecular complexity index is 412. The van der Waals surface area contributed by atoms with Crippen molar-refractivity contribution in [2.24, 2.45) is 5.92 Å². The van der Waals surface area contributed by atoms with E-state index in [0.29, 0.717) is 15.8 Å². The van der Waals surface area contributed by atoms with Crippen LogP contribution in [0.25, 0.3) is 0 Å². The zero-order valence-corrected chi connectivity index (χ0v) is 10.9. The Labute approximate surface area is 111 Å². The minimum Gasteiger partial charge on any atom is -0.486 e. The van der Waals surface area contributed by atoms with Crippen LogP contribution in [0.5, 0.6) is 5.75 Å². The third kappa shape index (κ3) is 3.36. The molecule has 17 heavy (non-hydrogen) atoms. The van der Waals surface area contributed by atoms with Gasteiger partial charge in [-0.3, -0.25) is 4.79 Å². The number of ketones is 1. The Hall–Kier alpha value is -0.730. The fourth-order valence-electron chi connectivity index (χ4n) is 2.09. The fourth-order valence-corrected chi connectivity index (χ4v) is 2.37. The number of hydrogen-bond donors (Lipinski definition) is 0. The van der Waals surface area contributed by atoms with Gasteiger partial charge in [0, 0.05) is 12.0 Å². The van der Waals surface area contributed by atoms with E-state index in [4.69, 9.17) is 27.9 Å². The van der Waals surface area contributed by atoms with E-state index in [1.54, 1.807) is 18.2 Å². The van der Waals surface area contributed by atoms with Crippen LogP contribution in [0.1, 0.15) is 25.7 Å². The third-order valence-electron chi connectivity index (χ3n) is 3.08. The lowest BCUT2D eigenvalue weighted by Crippen LogP contribution is -2.19. The molecule has 1 aromatic carbocycles. The summed E-state index contributed by atoms with van der Waals surface area (Å²) in [4.78, 5) is 11.8. The van der Waals surface area contributed by atoms with Crippen LogP contribution < -0.4 is 4.74 Å². The van der Waals surface area contributed by atoms with Gasteiger partial charge in [0.1, 0.15) is 12.4 Å². The molecule has 92 valence electrons. The third-order valence-corrected chi connectivity index (χ3v) is 3.82. The normalized spacial score (nSPS) is 16.1. The Morgan fingerprint density at radius 1 is 1.24 bits per heavy atom. The highest BCUT2D eigenvalue weighted by Crippen LogP contribution is 2.28. The summed E-state index contributed by atoms with van der Waals surface area (Å²) in [5, 5.41) is 0.929. The summed E-state index contributed by atoms with van der Waals surface area (Å²) in [5.41, 5.74) is 0. The van der Waals surface area contributed by atoms with Crippen LogP contribution in [0.2, 0.25) is 10.0 Å². The van der Waals surface area contributed by atoms with Gasteiger partial charge in [-0.15, -0.1) is 0 Å². The topological polar surface area (TPSA) is 26.3 Å². The molecule has 0 amide bonds. The van der Waals surface area contributed by atoms with Crippen LogP contribution in [0, 0.1) is 5.92 Å². The average molecular weight is 273 g/mol. The SMILES string of the molecule is O=C(COc1ccc(Cl)c(Cl)c1)C1CCCC1. The number of rotatable bonds is 4. The van der Waals surface area contributed by atoms with Gasteiger partial charge in [-0.05, 0) is 25.0 Å². The highest BCUT2D eigenvalue weighted by molar-refractivity contribution is 6.42. The summed E-state index contributed by atoms with van der Waals surface area (Å²) in [7, 11) is 0. The highest BCUT2D eigenvalue weighted by atomic mass is 35.5. The van der Waals surface area contributed by atoms with Crippen molar-refractivity contribution >= 4 is 29.0 Å². The summed E-state index contributed by atoms with van der Waals surface area (Å²) in [5.74, 6) is 0.970. The van der Waals surface area contributed by atoms with Crippen LogP contribution in [0.3, 0.4) is 0 Å². The van der Waals surface area contributed by atoms with Gasteiger partial charge in [0.25, 0.3) is 0 Å². The van der Waals surface area contributed by atoms with E-state index in [1.165, 1.54) is 0 Å². The second kappa shape index (κ2) is 5.74. The second-order valence-electron chi connectivity index (χ2n) is 4.31. The zero-order chi connectivity index (χ0) is 12.3. The maximum absolute atomic E-state index is 11.8. The van der Waals surface area contributed by atoms with Gasteiger partial charge in [0.15, 0.2) is 5.78 Å². The van der Waals surface area contributed by atoms with E-state index in [2.05, 4.69) is 0 Å². The van der Waals surface area contributed by atoms with Crippen molar-refractivity contribution in [2.75, 3.05) is 6.61 Å². The van der Waals surface area contributed by atoms with Crippen LogP contribution in [0.15, 0.2) is 18.2 Å². The number of hydrogen-bond acceptors (Lipinski definition) is 2. The Morgan fingerprint density at radius 3 is 2.59 bits per heavy atom. The van der Waals surface area contributed by atoms with Crippen molar-refractivity contribution in [3.8, 4) is 5.75 Å². The van der Waals surface area contributed by atoms with Gasteiger partial charge < -0.3 is 4.74 Å². The first-order chi connectivity index (χ1) is 8.16. The van der Waals surface area contributed by atoms with Crippen molar-refractivity contribution in [1.29, 1.82) is 0 Å². The minimum atomic E-state index is 0.128. The van der Waals surface area contributed by atoms with Crippen molar-refractivity contribution < 1.29 is 9.53 Å². The lowest BCUT2D eigenvalue weighted by molar-refractivity contribution is -0.124. The van der Waals surface area contributed by atoms with E-state index in [-0.39, 0.29) is 18.3 Å². The van der Waals surface area contributed by atoms with E-state index in [1.807, 2.05) is 0 Å². The first-order valence-corrected chi connectivity index (χ1v) is 6.53. The van der Waals surface area contributed by atoms with Crippen molar-refractivity contribution in [2.45, 2.75) is 25.7 Å². The molecule has 0 heterocycles. The molecule has 0 radical (unpaired) electrons. The lowest BCUT2D eigenvalue weighted by Gasteiger charge is -2.10. The summed E-state index contributed by atoms with van der Waals surface area (Å²) >= 11 is 11.7. The number of Topliss-reactive ketones (excluding diaryl/α,β-unsaturated/α-hetero) is 1. The molecule has 0 aliphatic heterocycles. The maximum atomic E-state index is 11.8. The molecule has 0 N–H and O–H groups in total. The molecular formula is C13H14Cl2O2. The van der Waals surface area contributed by atoms with Gasteiger partial charge in [-0.2, -0.15) is 0 Å². The molecule has 4 heteroatoms. The molecule has 0 unspecified atom stereocenters. The van der Waals surface area contributed by atoms with Crippen molar-refractivity contribution in [1.82, 2.24) is 0 Å². The second-order valence-corrected chi connectivity index (χ2v) is 5.13. The quantitative estimate of drug-likeness (QED) is 0.824. The first-order valence-electron chi connectivity index (χ1n) is 5.77. The van der Waals surface area contributed by atoms with Crippen LogP contribution in [0.4, 0.5) is 0 Å². The standard InChI is InChI=1S/C13H14Cl2O2/c14-11-6-5-10(7-12(11)15)17-8-13(16)9-3-1-2-4-9/h5-7,9H,1-4,8H2. The van der Waals surface area contributed by atoms with Gasteiger partial charge >= 0.3 is 0 Å². The van der Waals surface area contributed by atoms with Gasteiger partial charge in [0.2, 0.25) is 0 Å². The summed E-state index contributed by atoms with van der Waals surface area (Å²) in [6.07, 6.45) is 4.32. The summed E-state index contributed by atoms with van der Waals surface area (Å²) < 4.78 is 5.42. The number of carbonyl (C=O) groups excluding carboxylic acids is 1. The molecule has 1 saturated carbocycles. The van der Waals surface area contributed by atoms with Crippen LogP contribution >= 0.6 is 23.2 Å². The summed E-state index contributed by atoms with van der Waals surface area (Å²) in [6.45, 7) is 0.128. The molecular weight excluding hydrogens is 259 g/mol. The molecule has 1 aliphatic rings. The predicted octanol–water partition coefficient (Wildman–Crippen LogP) is 4.13.